The Kier molecular flexibility index (Phi) is 10.2. The van der Waals surface area contributed by atoms with Gasteiger partial charge in [-0.15, -0.1) is 0 Å². The van der Waals surface area contributed by atoms with E-state index in [9.17, 15) is 5.11 Å². The van der Waals surface area contributed by atoms with Crippen molar-refractivity contribution in [3.05, 3.63) is 212 Å². The van der Waals surface area contributed by atoms with Crippen LogP contribution >= 0.6 is 47.0 Å². The Morgan fingerprint density at radius 3 is 1.13 bits per heavy atom. The van der Waals surface area contributed by atoms with Crippen LogP contribution in [0.4, 0.5) is 34.1 Å². The van der Waals surface area contributed by atoms with Gasteiger partial charge < -0.3 is 33.9 Å². The van der Waals surface area contributed by atoms with Crippen LogP contribution in [0.1, 0.15) is 0 Å². The second kappa shape index (κ2) is 17.3. The number of rotatable bonds is 7. The number of fused-ring (bicyclic) bond motifs is 8. The Morgan fingerprint density at radius 1 is 0.282 bits per heavy atom. The lowest BCUT2D eigenvalue weighted by atomic mass is 9.99. The van der Waals surface area contributed by atoms with Crippen molar-refractivity contribution in [3.8, 4) is 62.9 Å². The predicted octanol–water partition coefficient (Wildman–Crippen LogP) is 19.0. The van der Waals surface area contributed by atoms with Gasteiger partial charge in [0.15, 0.2) is 46.0 Å². The van der Waals surface area contributed by atoms with Gasteiger partial charge in [0.1, 0.15) is 5.75 Å². The highest BCUT2D eigenvalue weighted by molar-refractivity contribution is 8.05. The lowest BCUT2D eigenvalue weighted by Gasteiger charge is -2.33. The van der Waals surface area contributed by atoms with Gasteiger partial charge in [-0.1, -0.05) is 126 Å². The highest BCUT2D eigenvalue weighted by Gasteiger charge is 2.30. The summed E-state index contributed by atoms with van der Waals surface area (Å²) in [7, 11) is 0. The highest BCUT2D eigenvalue weighted by Crippen LogP contribution is 2.57. The second-order valence-electron chi connectivity index (χ2n) is 17.0. The predicted molar refractivity (Wildman–Crippen MR) is 285 cm³/mol. The summed E-state index contributed by atoms with van der Waals surface area (Å²) in [5.74, 6) is 4.93. The van der Waals surface area contributed by atoms with Crippen molar-refractivity contribution in [1.29, 1.82) is 0 Å². The fourth-order valence-corrected chi connectivity index (χ4v) is 13.8. The molecule has 0 amide bonds. The first-order valence-corrected chi connectivity index (χ1v) is 26.2. The number of hydrogen-bond donors (Lipinski definition) is 1. The van der Waals surface area contributed by atoms with Crippen LogP contribution < -0.4 is 28.7 Å². The number of phenols is 1. The van der Waals surface area contributed by atoms with Gasteiger partial charge in [-0.05, 0) is 121 Å². The van der Waals surface area contributed by atoms with Crippen LogP contribution in [0.5, 0.6) is 51.7 Å². The summed E-state index contributed by atoms with van der Waals surface area (Å²) in [5.41, 5.74) is 6.34. The standard InChI is InChI=1S/C60H36N2O5S4/c63-43-31-41(61(39-24-28-56-58(34-39)70-54-20-10-8-18-52(54)68-56)40-25-29-57-59(35-40)71-55-21-11-9-19-53(55)69-57)30-42(60(43)36-12-2-1-3-13-36)62(37-22-26-48-50(32-37)66-46-16-6-4-14-44(46)64-48)38-23-27-49-51(33-38)67-47-17-7-5-15-45(47)65-49/h1-35,63H. The minimum atomic E-state index is 0.102. The molecular formula is C60H36N2O5S4. The molecule has 0 unspecified atom stereocenters. The van der Waals surface area contributed by atoms with Gasteiger partial charge in [-0.2, -0.15) is 0 Å². The Hall–Kier alpha value is -7.80. The average Bonchev–Trinajstić information content (AvgIpc) is 3.41. The Labute approximate surface area is 426 Å². The molecule has 4 aliphatic heterocycles. The Morgan fingerprint density at radius 2 is 0.648 bits per heavy atom. The molecule has 0 aromatic heterocycles. The third-order valence-electron chi connectivity index (χ3n) is 12.5. The number of nitrogens with zero attached hydrogens (tertiary/aromatic N) is 2. The second-order valence-corrected chi connectivity index (χ2v) is 21.4. The molecule has 4 heterocycles. The van der Waals surface area contributed by atoms with Gasteiger partial charge in [0.2, 0.25) is 0 Å². The third kappa shape index (κ3) is 7.60. The van der Waals surface area contributed by atoms with E-state index in [4.69, 9.17) is 18.9 Å². The molecule has 1 N–H and O–H groups in total. The normalized spacial score (nSPS) is 13.1. The van der Waals surface area contributed by atoms with E-state index in [-0.39, 0.29) is 5.75 Å². The fraction of sp³-hybridized carbons (Fsp3) is 0. The molecule has 0 fully saturated rings. The van der Waals surface area contributed by atoms with Gasteiger partial charge in [0.25, 0.3) is 0 Å². The maximum atomic E-state index is 12.9. The van der Waals surface area contributed by atoms with Crippen molar-refractivity contribution >= 4 is 81.2 Å². The molecule has 0 spiro atoms. The molecule has 10 aromatic carbocycles. The molecular weight excluding hydrogens is 957 g/mol. The molecule has 4 aliphatic rings. The molecule has 0 bridgehead atoms. The minimum absolute atomic E-state index is 0.102. The SMILES string of the molecule is Oc1cc(N(c2ccc3c(c2)Sc2ccccc2S3)c2ccc3c(c2)Sc2ccccc2S3)cc(N(c2ccc3c(c2)Oc2ccccc2O3)c2ccc3c(c2)Oc2ccccc2O3)c1-c1ccccc1. The largest absolute Gasteiger partial charge is 0.507 e. The minimum Gasteiger partial charge on any atom is -0.507 e. The molecule has 14 rings (SSSR count). The van der Waals surface area contributed by atoms with Crippen molar-refractivity contribution in [2.75, 3.05) is 9.80 Å². The van der Waals surface area contributed by atoms with Crippen molar-refractivity contribution < 1.29 is 24.1 Å². The molecule has 7 nitrogen and oxygen atoms in total. The summed E-state index contributed by atoms with van der Waals surface area (Å²) in [6.07, 6.45) is 0. The number of phenolic OH excluding ortho intramolecular Hbond substituents is 1. The van der Waals surface area contributed by atoms with E-state index in [0.717, 1.165) is 43.8 Å². The zero-order chi connectivity index (χ0) is 47.0. The number of hydrogen-bond acceptors (Lipinski definition) is 11. The first-order chi connectivity index (χ1) is 35.0. The van der Waals surface area contributed by atoms with E-state index >= 15 is 0 Å². The summed E-state index contributed by atoms with van der Waals surface area (Å²) >= 11 is 7.15. The summed E-state index contributed by atoms with van der Waals surface area (Å²) in [5, 5.41) is 12.9. The van der Waals surface area contributed by atoms with Crippen LogP contribution in [0, 0.1) is 0 Å². The first kappa shape index (κ1) is 42.1. The molecule has 10 aromatic rings. The van der Waals surface area contributed by atoms with Gasteiger partial charge in [0, 0.05) is 74.3 Å². The van der Waals surface area contributed by atoms with Crippen molar-refractivity contribution in [2.45, 2.75) is 39.2 Å². The number of benzene rings is 10. The van der Waals surface area contributed by atoms with Crippen LogP contribution in [0.25, 0.3) is 11.1 Å². The molecule has 71 heavy (non-hydrogen) atoms. The first-order valence-electron chi connectivity index (χ1n) is 22.9. The number of para-hydroxylation sites is 4. The van der Waals surface area contributed by atoms with E-state index in [2.05, 4.69) is 101 Å². The number of aromatic hydroxyl groups is 1. The highest BCUT2D eigenvalue weighted by atomic mass is 32.2. The maximum Gasteiger partial charge on any atom is 0.172 e. The van der Waals surface area contributed by atoms with Gasteiger partial charge in [-0.25, -0.2) is 0 Å². The van der Waals surface area contributed by atoms with Crippen LogP contribution in [0.2, 0.25) is 0 Å². The molecule has 11 heteroatoms. The zero-order valence-electron chi connectivity index (χ0n) is 37.3. The summed E-state index contributed by atoms with van der Waals surface area (Å²) in [6, 6.07) is 71.8. The summed E-state index contributed by atoms with van der Waals surface area (Å²) in [6.45, 7) is 0. The van der Waals surface area contributed by atoms with E-state index < -0.39 is 0 Å². The van der Waals surface area contributed by atoms with Crippen molar-refractivity contribution in [3.63, 3.8) is 0 Å². The van der Waals surface area contributed by atoms with Gasteiger partial charge in [0.05, 0.1) is 22.7 Å². The third-order valence-corrected chi connectivity index (χ3v) is 17.6. The van der Waals surface area contributed by atoms with Gasteiger partial charge >= 0.3 is 0 Å². The topological polar surface area (TPSA) is 63.6 Å². The molecule has 0 radical (unpaired) electrons. The van der Waals surface area contributed by atoms with E-state index in [1.165, 1.54) is 29.4 Å². The fourth-order valence-electron chi connectivity index (χ4n) is 9.30. The molecule has 0 saturated heterocycles. The van der Waals surface area contributed by atoms with E-state index in [1.807, 2.05) is 121 Å². The Balaban J connectivity index is 0.984. The smallest absolute Gasteiger partial charge is 0.172 e. The van der Waals surface area contributed by atoms with Crippen LogP contribution in [0.3, 0.4) is 0 Å². The monoisotopic (exact) mass is 992 g/mol. The zero-order valence-corrected chi connectivity index (χ0v) is 40.6. The van der Waals surface area contributed by atoms with Crippen LogP contribution in [-0.2, 0) is 0 Å². The average molecular weight is 993 g/mol. The quantitative estimate of drug-likeness (QED) is 0.166. The summed E-state index contributed by atoms with van der Waals surface area (Å²) in [4.78, 5) is 14.1. The molecule has 0 aliphatic carbocycles. The maximum absolute atomic E-state index is 12.9. The van der Waals surface area contributed by atoms with Crippen LogP contribution in [-0.4, -0.2) is 5.11 Å². The number of anilines is 6. The van der Waals surface area contributed by atoms with Crippen LogP contribution in [0.15, 0.2) is 251 Å². The number of ether oxygens (including phenoxy) is 4. The van der Waals surface area contributed by atoms with Gasteiger partial charge in [-0.3, -0.25) is 0 Å². The van der Waals surface area contributed by atoms with Crippen molar-refractivity contribution in [2.24, 2.45) is 0 Å². The molecule has 0 saturated carbocycles. The summed E-state index contributed by atoms with van der Waals surface area (Å²) < 4.78 is 25.9. The van der Waals surface area contributed by atoms with E-state index in [1.54, 1.807) is 47.0 Å². The Bertz CT molecular complexity index is 3600. The molecule has 340 valence electrons. The lowest BCUT2D eigenvalue weighted by Crippen LogP contribution is -2.15. The van der Waals surface area contributed by atoms with Crippen molar-refractivity contribution in [1.82, 2.24) is 0 Å². The lowest BCUT2D eigenvalue weighted by molar-refractivity contribution is 0.359. The molecule has 0 atom stereocenters. The van der Waals surface area contributed by atoms with E-state index in [0.29, 0.717) is 57.2 Å².